The molecule has 0 fully saturated rings. The molecule has 2 heterocycles. The molecule has 0 bridgehead atoms. The molecule has 0 atom stereocenters. The Labute approximate surface area is 89.1 Å². The monoisotopic (exact) mass is 204 g/mol. The van der Waals surface area contributed by atoms with E-state index in [1.807, 2.05) is 12.4 Å². The summed E-state index contributed by atoms with van der Waals surface area (Å²) in [6, 6.07) is 0. The van der Waals surface area contributed by atoms with Crippen LogP contribution in [0.15, 0.2) is 18.6 Å². The Hall–Kier alpha value is -1.42. The number of aromatic nitrogens is 3. The minimum absolute atomic E-state index is 0.486. The van der Waals surface area contributed by atoms with Gasteiger partial charge in [-0.1, -0.05) is 13.8 Å². The van der Waals surface area contributed by atoms with E-state index in [4.69, 9.17) is 5.73 Å². The van der Waals surface area contributed by atoms with E-state index in [0.717, 1.165) is 17.6 Å². The fourth-order valence-electron chi connectivity index (χ4n) is 1.68. The second-order valence-corrected chi connectivity index (χ2v) is 4.20. The first-order chi connectivity index (χ1) is 7.20. The Bertz CT molecular complexity index is 459. The quantitative estimate of drug-likeness (QED) is 0.822. The van der Waals surface area contributed by atoms with Crippen LogP contribution >= 0.6 is 0 Å². The Morgan fingerprint density at radius 1 is 1.40 bits per heavy atom. The van der Waals surface area contributed by atoms with Crippen LogP contribution in [0, 0.1) is 5.92 Å². The third kappa shape index (κ3) is 1.99. The first kappa shape index (κ1) is 10.1. The van der Waals surface area contributed by atoms with Gasteiger partial charge in [-0.3, -0.25) is 0 Å². The van der Waals surface area contributed by atoms with Gasteiger partial charge < -0.3 is 5.73 Å². The zero-order valence-corrected chi connectivity index (χ0v) is 9.14. The van der Waals surface area contributed by atoms with Gasteiger partial charge in [0.1, 0.15) is 0 Å². The van der Waals surface area contributed by atoms with Crippen molar-refractivity contribution in [2.45, 2.75) is 26.8 Å². The lowest BCUT2D eigenvalue weighted by Crippen LogP contribution is -2.01. The number of fused-ring (bicyclic) bond motifs is 1. The minimum Gasteiger partial charge on any atom is -0.326 e. The van der Waals surface area contributed by atoms with Crippen molar-refractivity contribution in [3.63, 3.8) is 0 Å². The van der Waals surface area contributed by atoms with Crippen molar-refractivity contribution < 1.29 is 0 Å². The molecule has 2 N–H and O–H groups in total. The average Bonchev–Trinajstić information content (AvgIpc) is 2.58. The highest BCUT2D eigenvalue weighted by Gasteiger charge is 2.05. The number of nitrogens with two attached hydrogens (primary N) is 1. The average molecular weight is 204 g/mol. The normalized spacial score (nSPS) is 11.5. The summed E-state index contributed by atoms with van der Waals surface area (Å²) in [6.07, 6.45) is 6.75. The molecule has 80 valence electrons. The van der Waals surface area contributed by atoms with Crippen LogP contribution in [0.4, 0.5) is 0 Å². The number of hydrogen-bond acceptors (Lipinski definition) is 3. The SMILES string of the molecule is CC(C)Cc1cnc2c(CN)cnn2c1. The molecule has 0 aromatic carbocycles. The predicted octanol–water partition coefficient (Wildman–Crippen LogP) is 1.39. The number of hydrogen-bond donors (Lipinski definition) is 1. The Kier molecular flexibility index (Phi) is 2.68. The van der Waals surface area contributed by atoms with Gasteiger partial charge in [-0.25, -0.2) is 9.50 Å². The highest BCUT2D eigenvalue weighted by atomic mass is 15.2. The van der Waals surface area contributed by atoms with E-state index in [0.29, 0.717) is 12.5 Å². The van der Waals surface area contributed by atoms with E-state index >= 15 is 0 Å². The molecule has 0 aliphatic heterocycles. The molecule has 0 aliphatic rings. The first-order valence-electron chi connectivity index (χ1n) is 5.22. The third-order valence-corrected chi connectivity index (χ3v) is 2.35. The van der Waals surface area contributed by atoms with Crippen LogP contribution in [-0.2, 0) is 13.0 Å². The Morgan fingerprint density at radius 3 is 2.87 bits per heavy atom. The topological polar surface area (TPSA) is 56.2 Å². The molecule has 0 amide bonds. The van der Waals surface area contributed by atoms with Gasteiger partial charge in [0.15, 0.2) is 5.65 Å². The number of nitrogens with zero attached hydrogens (tertiary/aromatic N) is 3. The summed E-state index contributed by atoms with van der Waals surface area (Å²) in [4.78, 5) is 4.39. The van der Waals surface area contributed by atoms with Crippen LogP contribution in [0.2, 0.25) is 0 Å². The molecule has 2 rings (SSSR count). The van der Waals surface area contributed by atoms with Gasteiger partial charge in [0.25, 0.3) is 0 Å². The van der Waals surface area contributed by atoms with E-state index < -0.39 is 0 Å². The van der Waals surface area contributed by atoms with Gasteiger partial charge in [0.05, 0.1) is 6.20 Å². The molecule has 15 heavy (non-hydrogen) atoms. The van der Waals surface area contributed by atoms with E-state index in [9.17, 15) is 0 Å². The summed E-state index contributed by atoms with van der Waals surface area (Å²) >= 11 is 0. The minimum atomic E-state index is 0.486. The molecule has 4 nitrogen and oxygen atoms in total. The van der Waals surface area contributed by atoms with Crippen molar-refractivity contribution in [3.8, 4) is 0 Å². The van der Waals surface area contributed by atoms with Crippen LogP contribution in [0.25, 0.3) is 5.65 Å². The summed E-state index contributed by atoms with van der Waals surface area (Å²) in [5.41, 5.74) is 8.66. The van der Waals surface area contributed by atoms with Crippen LogP contribution in [-0.4, -0.2) is 14.6 Å². The summed E-state index contributed by atoms with van der Waals surface area (Å²) in [7, 11) is 0. The van der Waals surface area contributed by atoms with E-state index in [-0.39, 0.29) is 0 Å². The van der Waals surface area contributed by atoms with Crippen molar-refractivity contribution in [2.24, 2.45) is 11.7 Å². The lowest BCUT2D eigenvalue weighted by molar-refractivity contribution is 0.641. The molecule has 0 unspecified atom stereocenters. The molecular formula is C11H16N4. The van der Waals surface area contributed by atoms with Gasteiger partial charge in [0, 0.05) is 24.5 Å². The maximum Gasteiger partial charge on any atom is 0.159 e. The summed E-state index contributed by atoms with van der Waals surface area (Å²) in [5, 5.41) is 4.23. The second kappa shape index (κ2) is 3.98. The fraction of sp³-hybridized carbons (Fsp3) is 0.455. The van der Waals surface area contributed by atoms with Crippen LogP contribution < -0.4 is 5.73 Å². The second-order valence-electron chi connectivity index (χ2n) is 4.20. The first-order valence-corrected chi connectivity index (χ1v) is 5.22. The fourth-order valence-corrected chi connectivity index (χ4v) is 1.68. The molecule has 0 saturated carbocycles. The van der Waals surface area contributed by atoms with Crippen molar-refractivity contribution in [1.82, 2.24) is 14.6 Å². The Balaban J connectivity index is 2.39. The molecular weight excluding hydrogens is 188 g/mol. The van der Waals surface area contributed by atoms with Crippen LogP contribution in [0.3, 0.4) is 0 Å². The van der Waals surface area contributed by atoms with Crippen molar-refractivity contribution in [1.29, 1.82) is 0 Å². The van der Waals surface area contributed by atoms with E-state index in [1.54, 1.807) is 10.7 Å². The number of rotatable bonds is 3. The largest absolute Gasteiger partial charge is 0.326 e. The zero-order valence-electron chi connectivity index (χ0n) is 9.14. The molecule has 0 saturated heterocycles. The highest BCUT2D eigenvalue weighted by Crippen LogP contribution is 2.10. The summed E-state index contributed by atoms with van der Waals surface area (Å²) in [5.74, 6) is 0.633. The Morgan fingerprint density at radius 2 is 2.20 bits per heavy atom. The molecule has 0 radical (unpaired) electrons. The van der Waals surface area contributed by atoms with Crippen molar-refractivity contribution in [3.05, 3.63) is 29.7 Å². The van der Waals surface area contributed by atoms with Crippen molar-refractivity contribution in [2.75, 3.05) is 0 Å². The lowest BCUT2D eigenvalue weighted by Gasteiger charge is -2.04. The zero-order chi connectivity index (χ0) is 10.8. The van der Waals surface area contributed by atoms with Gasteiger partial charge in [-0.2, -0.15) is 5.10 Å². The van der Waals surface area contributed by atoms with E-state index in [2.05, 4.69) is 23.9 Å². The molecule has 0 spiro atoms. The molecule has 2 aromatic heterocycles. The lowest BCUT2D eigenvalue weighted by atomic mass is 10.1. The van der Waals surface area contributed by atoms with Crippen molar-refractivity contribution >= 4 is 5.65 Å². The maximum atomic E-state index is 5.59. The summed E-state index contributed by atoms with van der Waals surface area (Å²) < 4.78 is 1.81. The third-order valence-electron chi connectivity index (χ3n) is 2.35. The maximum absolute atomic E-state index is 5.59. The molecule has 2 aromatic rings. The summed E-state index contributed by atoms with van der Waals surface area (Å²) in [6.45, 7) is 4.87. The van der Waals surface area contributed by atoms with Gasteiger partial charge in [-0.05, 0) is 17.9 Å². The standard InChI is InChI=1S/C11H16N4/c1-8(2)3-9-5-13-11-10(4-12)6-14-15(11)7-9/h5-8H,3-4,12H2,1-2H3. The smallest absolute Gasteiger partial charge is 0.159 e. The van der Waals surface area contributed by atoms with Gasteiger partial charge in [0.2, 0.25) is 0 Å². The van der Waals surface area contributed by atoms with E-state index in [1.165, 1.54) is 5.56 Å². The molecule has 4 heteroatoms. The molecule has 0 aliphatic carbocycles. The van der Waals surface area contributed by atoms with Gasteiger partial charge >= 0.3 is 0 Å². The van der Waals surface area contributed by atoms with Crippen LogP contribution in [0.5, 0.6) is 0 Å². The highest BCUT2D eigenvalue weighted by molar-refractivity contribution is 5.46. The van der Waals surface area contributed by atoms with Crippen LogP contribution in [0.1, 0.15) is 25.0 Å². The predicted molar refractivity (Wildman–Crippen MR) is 59.4 cm³/mol. The van der Waals surface area contributed by atoms with Gasteiger partial charge in [-0.15, -0.1) is 0 Å².